The molecule has 21 heavy (non-hydrogen) atoms. The van der Waals surface area contributed by atoms with Crippen LogP contribution in [0.4, 0.5) is 0 Å². The molecule has 1 unspecified atom stereocenters. The number of nitrogens with zero attached hydrogens (tertiary/aromatic N) is 1. The molecule has 0 fully saturated rings. The Morgan fingerprint density at radius 1 is 1.24 bits per heavy atom. The van der Waals surface area contributed by atoms with Crippen molar-refractivity contribution >= 4 is 0 Å². The van der Waals surface area contributed by atoms with Gasteiger partial charge in [0.25, 0.3) is 0 Å². The maximum atomic E-state index is 5.56. The van der Waals surface area contributed by atoms with Gasteiger partial charge in [0.1, 0.15) is 5.75 Å². The zero-order valence-corrected chi connectivity index (χ0v) is 13.1. The minimum atomic E-state index is 0.218. The van der Waals surface area contributed by atoms with Crippen LogP contribution in [0.1, 0.15) is 36.2 Å². The van der Waals surface area contributed by atoms with Crippen molar-refractivity contribution in [3.8, 4) is 5.75 Å². The molecule has 1 aromatic heterocycles. The Labute approximate surface area is 127 Å². The summed E-state index contributed by atoms with van der Waals surface area (Å²) in [6.07, 6.45) is 3.81. The first-order chi connectivity index (χ1) is 10.2. The molecule has 0 spiro atoms. The summed E-state index contributed by atoms with van der Waals surface area (Å²) in [4.78, 5) is 4.44. The zero-order valence-electron chi connectivity index (χ0n) is 13.1. The monoisotopic (exact) mass is 284 g/mol. The predicted octanol–water partition coefficient (Wildman–Crippen LogP) is 3.68. The molecule has 0 aliphatic rings. The molecule has 0 amide bonds. The lowest BCUT2D eigenvalue weighted by molar-refractivity contribution is 0.397. The number of hydrogen-bond donors (Lipinski definition) is 1. The van der Waals surface area contributed by atoms with Crippen molar-refractivity contribution in [1.29, 1.82) is 0 Å². The molecule has 2 rings (SSSR count). The molecule has 0 saturated heterocycles. The number of aromatic nitrogens is 1. The van der Waals surface area contributed by atoms with Gasteiger partial charge in [0.05, 0.1) is 7.11 Å². The topological polar surface area (TPSA) is 34.2 Å². The molecule has 0 saturated carbocycles. The van der Waals surface area contributed by atoms with Gasteiger partial charge in [0.2, 0.25) is 0 Å². The Hall–Kier alpha value is -1.87. The van der Waals surface area contributed by atoms with Crippen LogP contribution < -0.4 is 10.1 Å². The van der Waals surface area contributed by atoms with E-state index < -0.39 is 0 Å². The van der Waals surface area contributed by atoms with Crippen LogP contribution >= 0.6 is 0 Å². The van der Waals surface area contributed by atoms with Crippen molar-refractivity contribution in [2.24, 2.45) is 0 Å². The van der Waals surface area contributed by atoms with Gasteiger partial charge in [-0.05, 0) is 43.7 Å². The van der Waals surface area contributed by atoms with Crippen molar-refractivity contribution in [2.75, 3.05) is 13.7 Å². The summed E-state index contributed by atoms with van der Waals surface area (Å²) in [6.45, 7) is 5.24. The third kappa shape index (κ3) is 4.30. The van der Waals surface area contributed by atoms with E-state index in [9.17, 15) is 0 Å². The van der Waals surface area contributed by atoms with E-state index in [0.717, 1.165) is 30.8 Å². The number of ether oxygens (including phenoxy) is 1. The van der Waals surface area contributed by atoms with Crippen molar-refractivity contribution in [2.45, 2.75) is 32.7 Å². The highest BCUT2D eigenvalue weighted by Gasteiger charge is 2.16. The van der Waals surface area contributed by atoms with E-state index in [4.69, 9.17) is 4.74 Å². The molecular weight excluding hydrogens is 260 g/mol. The summed E-state index contributed by atoms with van der Waals surface area (Å²) in [5.74, 6) is 0.944. The lowest BCUT2D eigenvalue weighted by Crippen LogP contribution is -2.25. The van der Waals surface area contributed by atoms with Gasteiger partial charge in [-0.15, -0.1) is 0 Å². The molecule has 0 radical (unpaired) electrons. The summed E-state index contributed by atoms with van der Waals surface area (Å²) in [6, 6.07) is 12.7. The molecule has 1 N–H and O–H groups in total. The van der Waals surface area contributed by atoms with Crippen molar-refractivity contribution in [3.63, 3.8) is 0 Å². The number of aryl methyl sites for hydroxylation is 1. The fourth-order valence-electron chi connectivity index (χ4n) is 2.44. The second kappa shape index (κ2) is 7.79. The third-order valence-electron chi connectivity index (χ3n) is 3.54. The van der Waals surface area contributed by atoms with Gasteiger partial charge in [-0.2, -0.15) is 0 Å². The molecule has 3 heteroatoms. The maximum absolute atomic E-state index is 5.56. The van der Waals surface area contributed by atoms with E-state index in [0.29, 0.717) is 0 Å². The van der Waals surface area contributed by atoms with Gasteiger partial charge in [-0.25, -0.2) is 0 Å². The standard InChI is InChI=1S/C18H24N2O/c1-4-10-20-17(13-15-7-5-6-11-19-15)16-9-8-14(2)12-18(16)21-3/h5-9,11-12,17,20H,4,10,13H2,1-3H3. The van der Waals surface area contributed by atoms with E-state index in [1.165, 1.54) is 11.1 Å². The average Bonchev–Trinajstić information content (AvgIpc) is 2.52. The van der Waals surface area contributed by atoms with Crippen LogP contribution in [0.2, 0.25) is 0 Å². The van der Waals surface area contributed by atoms with Crippen LogP contribution in [0.15, 0.2) is 42.6 Å². The molecule has 1 heterocycles. The van der Waals surface area contributed by atoms with E-state index in [1.807, 2.05) is 18.3 Å². The summed E-state index contributed by atoms with van der Waals surface area (Å²) in [5.41, 5.74) is 3.50. The number of methoxy groups -OCH3 is 1. The Morgan fingerprint density at radius 3 is 2.76 bits per heavy atom. The highest BCUT2D eigenvalue weighted by atomic mass is 16.5. The van der Waals surface area contributed by atoms with Crippen molar-refractivity contribution in [3.05, 3.63) is 59.4 Å². The molecule has 112 valence electrons. The predicted molar refractivity (Wildman–Crippen MR) is 86.7 cm³/mol. The van der Waals surface area contributed by atoms with Gasteiger partial charge in [0.15, 0.2) is 0 Å². The number of hydrogen-bond acceptors (Lipinski definition) is 3. The maximum Gasteiger partial charge on any atom is 0.123 e. The number of benzene rings is 1. The fourth-order valence-corrected chi connectivity index (χ4v) is 2.44. The zero-order chi connectivity index (χ0) is 15.1. The minimum Gasteiger partial charge on any atom is -0.496 e. The normalized spacial score (nSPS) is 12.1. The second-order valence-corrected chi connectivity index (χ2v) is 5.28. The van der Waals surface area contributed by atoms with E-state index in [2.05, 4.69) is 48.4 Å². The second-order valence-electron chi connectivity index (χ2n) is 5.28. The van der Waals surface area contributed by atoms with Crippen LogP contribution in [-0.4, -0.2) is 18.6 Å². The van der Waals surface area contributed by atoms with Crippen LogP contribution in [-0.2, 0) is 6.42 Å². The quantitative estimate of drug-likeness (QED) is 0.842. The van der Waals surface area contributed by atoms with Crippen LogP contribution in [0.3, 0.4) is 0 Å². The number of nitrogens with one attached hydrogen (secondary N) is 1. The first kappa shape index (κ1) is 15.5. The molecule has 2 aromatic rings. The number of pyridine rings is 1. The Bertz CT molecular complexity index is 554. The third-order valence-corrected chi connectivity index (χ3v) is 3.54. The molecule has 0 aliphatic heterocycles. The molecule has 0 bridgehead atoms. The van der Waals surface area contributed by atoms with Crippen LogP contribution in [0.5, 0.6) is 5.75 Å². The van der Waals surface area contributed by atoms with Gasteiger partial charge in [-0.3, -0.25) is 4.98 Å². The van der Waals surface area contributed by atoms with E-state index in [-0.39, 0.29) is 6.04 Å². The summed E-state index contributed by atoms with van der Waals surface area (Å²) >= 11 is 0. The summed E-state index contributed by atoms with van der Waals surface area (Å²) in [7, 11) is 1.73. The minimum absolute atomic E-state index is 0.218. The lowest BCUT2D eigenvalue weighted by atomic mass is 9.99. The van der Waals surface area contributed by atoms with Crippen molar-refractivity contribution in [1.82, 2.24) is 10.3 Å². The summed E-state index contributed by atoms with van der Waals surface area (Å²) in [5, 5.41) is 3.61. The highest BCUT2D eigenvalue weighted by molar-refractivity contribution is 5.39. The Balaban J connectivity index is 2.27. The average molecular weight is 284 g/mol. The first-order valence-corrected chi connectivity index (χ1v) is 7.52. The van der Waals surface area contributed by atoms with E-state index in [1.54, 1.807) is 7.11 Å². The lowest BCUT2D eigenvalue weighted by Gasteiger charge is -2.21. The Morgan fingerprint density at radius 2 is 2.10 bits per heavy atom. The SMILES string of the molecule is CCCNC(Cc1ccccn1)c1ccc(C)cc1OC. The van der Waals surface area contributed by atoms with Crippen molar-refractivity contribution < 1.29 is 4.74 Å². The van der Waals surface area contributed by atoms with Gasteiger partial charge in [-0.1, -0.05) is 25.1 Å². The first-order valence-electron chi connectivity index (χ1n) is 7.52. The molecule has 3 nitrogen and oxygen atoms in total. The van der Waals surface area contributed by atoms with E-state index >= 15 is 0 Å². The largest absolute Gasteiger partial charge is 0.496 e. The van der Waals surface area contributed by atoms with Gasteiger partial charge >= 0.3 is 0 Å². The van der Waals surface area contributed by atoms with Gasteiger partial charge < -0.3 is 10.1 Å². The Kier molecular flexibility index (Phi) is 5.76. The molecule has 1 atom stereocenters. The van der Waals surface area contributed by atoms with Crippen LogP contribution in [0.25, 0.3) is 0 Å². The number of rotatable bonds is 7. The molecular formula is C18H24N2O. The molecule has 1 aromatic carbocycles. The van der Waals surface area contributed by atoms with Gasteiger partial charge in [0, 0.05) is 29.9 Å². The molecule has 0 aliphatic carbocycles. The highest BCUT2D eigenvalue weighted by Crippen LogP contribution is 2.28. The van der Waals surface area contributed by atoms with Crippen LogP contribution in [0, 0.1) is 6.92 Å². The summed E-state index contributed by atoms with van der Waals surface area (Å²) < 4.78 is 5.56. The fraction of sp³-hybridized carbons (Fsp3) is 0.389. The smallest absolute Gasteiger partial charge is 0.123 e.